The summed E-state index contributed by atoms with van der Waals surface area (Å²) in [6.45, 7) is 3.64. The average molecular weight is 372 g/mol. The van der Waals surface area contributed by atoms with Crippen LogP contribution in [0, 0.1) is 5.92 Å². The van der Waals surface area contributed by atoms with E-state index in [2.05, 4.69) is 28.2 Å². The van der Waals surface area contributed by atoms with E-state index in [9.17, 15) is 0 Å². The molecule has 1 saturated heterocycles. The minimum atomic E-state index is 0.394. The van der Waals surface area contributed by atoms with E-state index in [1.807, 2.05) is 0 Å². The molecule has 130 valence electrons. The van der Waals surface area contributed by atoms with Crippen molar-refractivity contribution in [2.45, 2.75) is 114 Å². The zero-order valence-electron chi connectivity index (χ0n) is 14.8. The van der Waals surface area contributed by atoms with Gasteiger partial charge in [-0.3, -0.25) is 0 Å². The molecule has 0 aromatic carbocycles. The van der Waals surface area contributed by atoms with Crippen molar-refractivity contribution >= 4 is 15.9 Å². The van der Waals surface area contributed by atoms with Crippen LogP contribution in [0.15, 0.2) is 0 Å². The molecule has 1 N–H and O–H groups in total. The molecule has 2 rings (SSSR count). The topological polar surface area (TPSA) is 12.0 Å². The van der Waals surface area contributed by atoms with E-state index in [-0.39, 0.29) is 0 Å². The molecule has 0 aromatic rings. The molecule has 22 heavy (non-hydrogen) atoms. The first-order valence-electron chi connectivity index (χ1n) is 10.1. The van der Waals surface area contributed by atoms with Gasteiger partial charge in [0.1, 0.15) is 0 Å². The van der Waals surface area contributed by atoms with E-state index in [1.165, 1.54) is 103 Å². The Morgan fingerprint density at radius 1 is 0.727 bits per heavy atom. The highest BCUT2D eigenvalue weighted by Crippen LogP contribution is 2.33. The molecule has 0 aromatic heterocycles. The molecule has 1 saturated carbocycles. The molecular formula is C20H38BrN. The maximum atomic E-state index is 3.97. The first-order valence-corrected chi connectivity index (χ1v) is 10.9. The molecule has 1 aliphatic heterocycles. The standard InChI is InChI=1S/C20H38BrN/c1-20(21)15-9-10-17-22-19(14-11-16-20)18-12-7-5-3-2-4-6-8-13-18/h18-19,22H,2-17H2,1H3. The zero-order chi connectivity index (χ0) is 15.7. The van der Waals surface area contributed by atoms with Crippen LogP contribution in [-0.4, -0.2) is 16.9 Å². The van der Waals surface area contributed by atoms with E-state index < -0.39 is 0 Å². The first-order chi connectivity index (χ1) is 10.7. The van der Waals surface area contributed by atoms with E-state index >= 15 is 0 Å². The largest absolute Gasteiger partial charge is 0.314 e. The Hall–Kier alpha value is 0.440. The monoisotopic (exact) mass is 371 g/mol. The third-order valence-corrected chi connectivity index (χ3v) is 6.76. The molecule has 1 nitrogen and oxygen atoms in total. The highest BCUT2D eigenvalue weighted by atomic mass is 79.9. The van der Waals surface area contributed by atoms with Crippen molar-refractivity contribution in [2.24, 2.45) is 5.92 Å². The second-order valence-corrected chi connectivity index (χ2v) is 10.1. The summed E-state index contributed by atoms with van der Waals surface area (Å²) < 4.78 is 0.394. The smallest absolute Gasteiger partial charge is 0.0229 e. The minimum absolute atomic E-state index is 0.394. The van der Waals surface area contributed by atoms with Gasteiger partial charge in [0.25, 0.3) is 0 Å². The van der Waals surface area contributed by atoms with Crippen molar-refractivity contribution in [3.8, 4) is 0 Å². The normalized spacial score (nSPS) is 34.9. The Bertz CT molecular complexity index is 279. The molecule has 1 heterocycles. The summed E-state index contributed by atoms with van der Waals surface area (Å²) in [6, 6.07) is 0.792. The lowest BCUT2D eigenvalue weighted by atomic mass is 9.83. The van der Waals surface area contributed by atoms with Gasteiger partial charge in [0.05, 0.1) is 0 Å². The number of hydrogen-bond acceptors (Lipinski definition) is 1. The third kappa shape index (κ3) is 7.34. The molecule has 2 fully saturated rings. The van der Waals surface area contributed by atoms with E-state index in [0.29, 0.717) is 4.32 Å². The Morgan fingerprint density at radius 3 is 2.00 bits per heavy atom. The molecule has 2 heteroatoms. The fourth-order valence-electron chi connectivity index (χ4n) is 4.47. The molecule has 0 bridgehead atoms. The fraction of sp³-hybridized carbons (Fsp3) is 1.00. The molecule has 2 aliphatic rings. The summed E-state index contributed by atoms with van der Waals surface area (Å²) in [6.07, 6.45) is 21.5. The zero-order valence-corrected chi connectivity index (χ0v) is 16.4. The quantitative estimate of drug-likeness (QED) is 0.512. The van der Waals surface area contributed by atoms with Crippen molar-refractivity contribution in [3.63, 3.8) is 0 Å². The summed E-state index contributed by atoms with van der Waals surface area (Å²) in [7, 11) is 0. The number of halogens is 1. The molecule has 1 aliphatic carbocycles. The van der Waals surface area contributed by atoms with Crippen molar-refractivity contribution < 1.29 is 0 Å². The second-order valence-electron chi connectivity index (χ2n) is 8.14. The van der Waals surface area contributed by atoms with Crippen molar-refractivity contribution in [1.82, 2.24) is 5.32 Å². The fourth-order valence-corrected chi connectivity index (χ4v) is 5.03. The van der Waals surface area contributed by atoms with Gasteiger partial charge in [-0.25, -0.2) is 0 Å². The van der Waals surface area contributed by atoms with Gasteiger partial charge in [-0.1, -0.05) is 73.7 Å². The lowest BCUT2D eigenvalue weighted by Crippen LogP contribution is -2.38. The van der Waals surface area contributed by atoms with Gasteiger partial charge in [0.15, 0.2) is 0 Å². The lowest BCUT2D eigenvalue weighted by molar-refractivity contribution is 0.266. The van der Waals surface area contributed by atoms with E-state index in [0.717, 1.165) is 12.0 Å². The summed E-state index contributed by atoms with van der Waals surface area (Å²) in [5.41, 5.74) is 0. The van der Waals surface area contributed by atoms with Gasteiger partial charge in [-0.2, -0.15) is 0 Å². The molecular weight excluding hydrogens is 334 g/mol. The Labute approximate surface area is 147 Å². The summed E-state index contributed by atoms with van der Waals surface area (Å²) in [5.74, 6) is 0.944. The van der Waals surface area contributed by atoms with Crippen LogP contribution in [0.5, 0.6) is 0 Å². The number of rotatable bonds is 1. The van der Waals surface area contributed by atoms with Gasteiger partial charge < -0.3 is 5.32 Å². The average Bonchev–Trinajstić information content (AvgIpc) is 2.50. The predicted octanol–water partition coefficient (Wildman–Crippen LogP) is 6.59. The number of hydrogen-bond donors (Lipinski definition) is 1. The second kappa shape index (κ2) is 10.3. The Kier molecular flexibility index (Phi) is 8.82. The molecule has 0 amide bonds. The van der Waals surface area contributed by atoms with Crippen LogP contribution in [0.1, 0.15) is 103 Å². The van der Waals surface area contributed by atoms with Crippen LogP contribution >= 0.6 is 15.9 Å². The van der Waals surface area contributed by atoms with Crippen LogP contribution in [0.3, 0.4) is 0 Å². The van der Waals surface area contributed by atoms with Gasteiger partial charge in [0.2, 0.25) is 0 Å². The van der Waals surface area contributed by atoms with E-state index in [4.69, 9.17) is 0 Å². The summed E-state index contributed by atoms with van der Waals surface area (Å²) in [5, 5.41) is 3.96. The first kappa shape index (κ1) is 18.8. The van der Waals surface area contributed by atoms with Crippen molar-refractivity contribution in [2.75, 3.05) is 6.54 Å². The number of alkyl halides is 1. The van der Waals surface area contributed by atoms with Gasteiger partial charge >= 0.3 is 0 Å². The van der Waals surface area contributed by atoms with E-state index in [1.54, 1.807) is 0 Å². The molecule has 2 atom stereocenters. The highest BCUT2D eigenvalue weighted by molar-refractivity contribution is 9.10. The third-order valence-electron chi connectivity index (χ3n) is 5.96. The minimum Gasteiger partial charge on any atom is -0.314 e. The SMILES string of the molecule is CC1(Br)CCCCNC(C2CCCCCCCCC2)CCC1. The predicted molar refractivity (Wildman–Crippen MR) is 102 cm³/mol. The molecule has 0 radical (unpaired) electrons. The summed E-state index contributed by atoms with van der Waals surface area (Å²) >= 11 is 3.97. The maximum Gasteiger partial charge on any atom is 0.0229 e. The van der Waals surface area contributed by atoms with Crippen molar-refractivity contribution in [1.29, 1.82) is 0 Å². The number of nitrogens with one attached hydrogen (secondary N) is 1. The maximum absolute atomic E-state index is 3.97. The van der Waals surface area contributed by atoms with Gasteiger partial charge in [-0.15, -0.1) is 0 Å². The Morgan fingerprint density at radius 2 is 1.32 bits per heavy atom. The van der Waals surface area contributed by atoms with Gasteiger partial charge in [0, 0.05) is 10.4 Å². The van der Waals surface area contributed by atoms with Crippen LogP contribution in [0.25, 0.3) is 0 Å². The highest BCUT2D eigenvalue weighted by Gasteiger charge is 2.25. The lowest BCUT2D eigenvalue weighted by Gasteiger charge is -2.32. The summed E-state index contributed by atoms with van der Waals surface area (Å²) in [4.78, 5) is 0. The van der Waals surface area contributed by atoms with Crippen LogP contribution in [-0.2, 0) is 0 Å². The molecule has 0 spiro atoms. The van der Waals surface area contributed by atoms with Gasteiger partial charge in [-0.05, 0) is 57.9 Å². The molecule has 2 unspecified atom stereocenters. The van der Waals surface area contributed by atoms with Crippen molar-refractivity contribution in [3.05, 3.63) is 0 Å². The Balaban J connectivity index is 1.87. The van der Waals surface area contributed by atoms with Crippen LogP contribution < -0.4 is 5.32 Å². The van der Waals surface area contributed by atoms with Crippen LogP contribution in [0.2, 0.25) is 0 Å². The van der Waals surface area contributed by atoms with Crippen LogP contribution in [0.4, 0.5) is 0 Å².